The van der Waals surface area contributed by atoms with Crippen LogP contribution in [-0.2, 0) is 11.2 Å². The van der Waals surface area contributed by atoms with Crippen LogP contribution in [0.3, 0.4) is 0 Å². The van der Waals surface area contributed by atoms with Crippen molar-refractivity contribution in [1.82, 2.24) is 0 Å². The Morgan fingerprint density at radius 2 is 1.89 bits per heavy atom. The van der Waals surface area contributed by atoms with E-state index in [1.165, 1.54) is 27.8 Å². The molecule has 2 heteroatoms. The van der Waals surface area contributed by atoms with Gasteiger partial charge in [-0.15, -0.1) is 0 Å². The van der Waals surface area contributed by atoms with Gasteiger partial charge in [0.05, 0.1) is 12.6 Å². The molecule has 2 N–H and O–H groups in total. The molecule has 0 radical (unpaired) electrons. The van der Waals surface area contributed by atoms with Crippen molar-refractivity contribution in [3.63, 3.8) is 0 Å². The number of fused-ring (bicyclic) bond motifs is 3. The van der Waals surface area contributed by atoms with E-state index < -0.39 is 0 Å². The summed E-state index contributed by atoms with van der Waals surface area (Å²) in [5.41, 5.74) is 12.8. The largest absolute Gasteiger partial charge is 0.380 e. The fourth-order valence-electron chi connectivity index (χ4n) is 2.74. The van der Waals surface area contributed by atoms with Gasteiger partial charge in [-0.2, -0.15) is 0 Å². The summed E-state index contributed by atoms with van der Waals surface area (Å²) in [4.78, 5) is 0. The lowest BCUT2D eigenvalue weighted by Gasteiger charge is -2.13. The molecule has 2 aromatic rings. The van der Waals surface area contributed by atoms with Gasteiger partial charge in [-0.3, -0.25) is 0 Å². The molecule has 2 aromatic carbocycles. The number of nitrogens with two attached hydrogens (primary N) is 1. The highest BCUT2D eigenvalue weighted by molar-refractivity contribution is 5.76. The number of rotatable bonds is 4. The summed E-state index contributed by atoms with van der Waals surface area (Å²) in [6.45, 7) is 3.29. The van der Waals surface area contributed by atoms with Crippen molar-refractivity contribution in [2.45, 2.75) is 19.4 Å². The van der Waals surface area contributed by atoms with Gasteiger partial charge in [-0.1, -0.05) is 42.5 Å². The fraction of sp³-hybridized carbons (Fsp3) is 0.294. The van der Waals surface area contributed by atoms with Crippen LogP contribution in [0.15, 0.2) is 42.5 Å². The van der Waals surface area contributed by atoms with E-state index in [2.05, 4.69) is 42.5 Å². The molecule has 0 saturated carbocycles. The summed E-state index contributed by atoms with van der Waals surface area (Å²) in [5.74, 6) is 0. The molecule has 0 heterocycles. The van der Waals surface area contributed by atoms with E-state index in [0.717, 1.165) is 6.42 Å². The Balaban J connectivity index is 1.89. The SMILES string of the molecule is CCOCC(N)c1ccc2c(c1)Cc1ccccc1-2. The van der Waals surface area contributed by atoms with Crippen LogP contribution in [0.5, 0.6) is 0 Å². The number of ether oxygens (including phenoxy) is 1. The first kappa shape index (κ1) is 12.4. The van der Waals surface area contributed by atoms with E-state index in [-0.39, 0.29) is 6.04 Å². The second-order valence-corrected chi connectivity index (χ2v) is 5.02. The maximum absolute atomic E-state index is 6.16. The van der Waals surface area contributed by atoms with Crippen molar-refractivity contribution in [1.29, 1.82) is 0 Å². The Kier molecular flexibility index (Phi) is 3.36. The second kappa shape index (κ2) is 5.16. The van der Waals surface area contributed by atoms with E-state index >= 15 is 0 Å². The highest BCUT2D eigenvalue weighted by atomic mass is 16.5. The highest BCUT2D eigenvalue weighted by Crippen LogP contribution is 2.37. The predicted molar refractivity (Wildman–Crippen MR) is 78.1 cm³/mol. The van der Waals surface area contributed by atoms with Gasteiger partial charge in [0.15, 0.2) is 0 Å². The molecular formula is C17H19NO. The van der Waals surface area contributed by atoms with E-state index in [1.54, 1.807) is 0 Å². The van der Waals surface area contributed by atoms with Crippen LogP contribution in [0, 0.1) is 0 Å². The van der Waals surface area contributed by atoms with Crippen LogP contribution >= 0.6 is 0 Å². The molecule has 1 atom stereocenters. The first-order valence-electron chi connectivity index (χ1n) is 6.84. The Morgan fingerprint density at radius 3 is 2.74 bits per heavy atom. The van der Waals surface area contributed by atoms with Crippen molar-refractivity contribution >= 4 is 0 Å². The number of benzene rings is 2. The zero-order valence-corrected chi connectivity index (χ0v) is 11.2. The Bertz CT molecular complexity index is 592. The van der Waals surface area contributed by atoms with E-state index in [0.29, 0.717) is 13.2 Å². The molecule has 19 heavy (non-hydrogen) atoms. The van der Waals surface area contributed by atoms with Crippen molar-refractivity contribution in [3.8, 4) is 11.1 Å². The molecule has 0 aliphatic heterocycles. The van der Waals surface area contributed by atoms with Gasteiger partial charge in [-0.25, -0.2) is 0 Å². The van der Waals surface area contributed by atoms with E-state index in [1.807, 2.05) is 6.92 Å². The average molecular weight is 253 g/mol. The third kappa shape index (κ3) is 2.29. The van der Waals surface area contributed by atoms with Gasteiger partial charge in [0.1, 0.15) is 0 Å². The molecule has 0 fully saturated rings. The molecule has 3 rings (SSSR count). The minimum atomic E-state index is -0.0334. The summed E-state index contributed by atoms with van der Waals surface area (Å²) in [5, 5.41) is 0. The monoisotopic (exact) mass is 253 g/mol. The third-order valence-electron chi connectivity index (χ3n) is 3.75. The Labute approximate surface area is 114 Å². The lowest BCUT2D eigenvalue weighted by molar-refractivity contribution is 0.133. The Morgan fingerprint density at radius 1 is 1.11 bits per heavy atom. The fourth-order valence-corrected chi connectivity index (χ4v) is 2.74. The summed E-state index contributed by atoms with van der Waals surface area (Å²) >= 11 is 0. The predicted octanol–water partition coefficient (Wildman–Crippen LogP) is 3.29. The maximum atomic E-state index is 6.16. The first-order valence-corrected chi connectivity index (χ1v) is 6.84. The lowest BCUT2D eigenvalue weighted by atomic mass is 10.0. The molecule has 2 nitrogen and oxygen atoms in total. The average Bonchev–Trinajstić information content (AvgIpc) is 2.82. The number of hydrogen-bond donors (Lipinski definition) is 1. The van der Waals surface area contributed by atoms with E-state index in [9.17, 15) is 0 Å². The second-order valence-electron chi connectivity index (χ2n) is 5.02. The molecule has 0 spiro atoms. The zero-order valence-electron chi connectivity index (χ0n) is 11.2. The molecule has 1 unspecified atom stereocenters. The Hall–Kier alpha value is -1.64. The smallest absolute Gasteiger partial charge is 0.0659 e. The van der Waals surface area contributed by atoms with Gasteiger partial charge in [0, 0.05) is 6.61 Å². The van der Waals surface area contributed by atoms with Crippen LogP contribution in [0.4, 0.5) is 0 Å². The topological polar surface area (TPSA) is 35.2 Å². The van der Waals surface area contributed by atoms with Gasteiger partial charge in [0.25, 0.3) is 0 Å². The molecule has 0 saturated heterocycles. The molecule has 1 aliphatic carbocycles. The van der Waals surface area contributed by atoms with Gasteiger partial charge < -0.3 is 10.5 Å². The van der Waals surface area contributed by atoms with Crippen LogP contribution in [0.1, 0.15) is 29.7 Å². The van der Waals surface area contributed by atoms with E-state index in [4.69, 9.17) is 10.5 Å². The van der Waals surface area contributed by atoms with Crippen LogP contribution in [-0.4, -0.2) is 13.2 Å². The molecule has 0 aromatic heterocycles. The number of hydrogen-bond acceptors (Lipinski definition) is 2. The minimum absolute atomic E-state index is 0.0334. The summed E-state index contributed by atoms with van der Waals surface area (Å²) in [6.07, 6.45) is 1.01. The van der Waals surface area contributed by atoms with Crippen molar-refractivity contribution in [2.24, 2.45) is 5.73 Å². The molecule has 1 aliphatic rings. The lowest BCUT2D eigenvalue weighted by Crippen LogP contribution is -2.17. The van der Waals surface area contributed by atoms with Crippen molar-refractivity contribution in [3.05, 3.63) is 59.2 Å². The molecule has 0 amide bonds. The maximum Gasteiger partial charge on any atom is 0.0659 e. The molecular weight excluding hydrogens is 234 g/mol. The summed E-state index contributed by atoms with van der Waals surface area (Å²) in [6, 6.07) is 15.1. The van der Waals surface area contributed by atoms with Crippen LogP contribution < -0.4 is 5.73 Å². The van der Waals surface area contributed by atoms with Gasteiger partial charge >= 0.3 is 0 Å². The van der Waals surface area contributed by atoms with Crippen molar-refractivity contribution in [2.75, 3.05) is 13.2 Å². The zero-order chi connectivity index (χ0) is 13.2. The van der Waals surface area contributed by atoms with Crippen molar-refractivity contribution < 1.29 is 4.74 Å². The molecule has 0 bridgehead atoms. The highest BCUT2D eigenvalue weighted by Gasteiger charge is 2.19. The van der Waals surface area contributed by atoms with Gasteiger partial charge in [-0.05, 0) is 41.2 Å². The standard InChI is InChI=1S/C17H19NO/c1-2-19-11-17(18)13-7-8-16-14(10-13)9-12-5-3-4-6-15(12)16/h3-8,10,17H,2,9,11,18H2,1H3. The summed E-state index contributed by atoms with van der Waals surface area (Å²) < 4.78 is 5.41. The van der Waals surface area contributed by atoms with Crippen LogP contribution in [0.25, 0.3) is 11.1 Å². The normalized spacial score (nSPS) is 14.0. The first-order chi connectivity index (χ1) is 9.29. The van der Waals surface area contributed by atoms with Gasteiger partial charge in [0.2, 0.25) is 0 Å². The van der Waals surface area contributed by atoms with Crippen LogP contribution in [0.2, 0.25) is 0 Å². The summed E-state index contributed by atoms with van der Waals surface area (Å²) in [7, 11) is 0. The third-order valence-corrected chi connectivity index (χ3v) is 3.75. The molecule has 98 valence electrons. The quantitative estimate of drug-likeness (QED) is 0.774. The minimum Gasteiger partial charge on any atom is -0.380 e.